The number of nitro groups is 1. The summed E-state index contributed by atoms with van der Waals surface area (Å²) < 4.78 is 1.22. The zero-order valence-electron chi connectivity index (χ0n) is 15.9. The van der Waals surface area contributed by atoms with Crippen LogP contribution in [-0.4, -0.2) is 27.4 Å². The van der Waals surface area contributed by atoms with Crippen LogP contribution in [0.4, 0.5) is 11.5 Å². The molecule has 1 fully saturated rings. The molecule has 144 valence electrons. The number of hydrogen-bond acceptors (Lipinski definition) is 5. The molecule has 1 aliphatic rings. The molecular formula is C21H22N4O3. The fourth-order valence-electron chi connectivity index (χ4n) is 4.24. The largest absolute Gasteiger partial charge is 0.376 e. The first-order valence-corrected chi connectivity index (χ1v) is 9.42. The minimum atomic E-state index is -0.651. The Bertz CT molecular complexity index is 1090. The van der Waals surface area contributed by atoms with Gasteiger partial charge in [-0.15, -0.1) is 0 Å². The molecule has 3 aromatic rings. The van der Waals surface area contributed by atoms with Crippen molar-refractivity contribution in [2.75, 3.05) is 11.9 Å². The van der Waals surface area contributed by atoms with Gasteiger partial charge in [-0.2, -0.15) is 0 Å². The number of pyridine rings is 1. The van der Waals surface area contributed by atoms with Gasteiger partial charge in [0.15, 0.2) is 0 Å². The van der Waals surface area contributed by atoms with Crippen LogP contribution in [0, 0.1) is 17.0 Å². The van der Waals surface area contributed by atoms with Crippen molar-refractivity contribution in [3.63, 3.8) is 0 Å². The predicted molar refractivity (Wildman–Crippen MR) is 108 cm³/mol. The van der Waals surface area contributed by atoms with Crippen LogP contribution in [0.1, 0.15) is 36.3 Å². The Labute approximate surface area is 162 Å². The lowest BCUT2D eigenvalue weighted by atomic mass is 9.92. The summed E-state index contributed by atoms with van der Waals surface area (Å²) in [4.78, 5) is 30.2. The van der Waals surface area contributed by atoms with E-state index < -0.39 is 16.2 Å². The Morgan fingerprint density at radius 2 is 1.93 bits per heavy atom. The summed E-state index contributed by atoms with van der Waals surface area (Å²) in [5.74, 6) is 0.395. The van der Waals surface area contributed by atoms with E-state index in [-0.39, 0.29) is 17.8 Å². The smallest absolute Gasteiger partial charge is 0.350 e. The molecule has 2 aromatic heterocycles. The van der Waals surface area contributed by atoms with E-state index in [1.165, 1.54) is 21.7 Å². The number of fused-ring (bicyclic) bond motifs is 1. The highest BCUT2D eigenvalue weighted by molar-refractivity contribution is 5.62. The van der Waals surface area contributed by atoms with Gasteiger partial charge < -0.3 is 4.90 Å². The first kappa shape index (κ1) is 18.2. The number of likely N-dealkylation sites (N-methyl/N-ethyl adjacent to an activating group) is 1. The zero-order chi connectivity index (χ0) is 19.8. The van der Waals surface area contributed by atoms with Crippen LogP contribution in [0.25, 0.3) is 5.65 Å². The lowest BCUT2D eigenvalue weighted by Gasteiger charge is -2.30. The van der Waals surface area contributed by atoms with Crippen LogP contribution in [0.2, 0.25) is 0 Å². The summed E-state index contributed by atoms with van der Waals surface area (Å²) in [7, 11) is 1.81. The second-order valence-electron chi connectivity index (χ2n) is 7.40. The number of hydrogen-bond donors (Lipinski definition) is 0. The molecule has 2 atom stereocenters. The maximum absolute atomic E-state index is 12.8. The van der Waals surface area contributed by atoms with Gasteiger partial charge in [-0.3, -0.25) is 19.3 Å². The van der Waals surface area contributed by atoms with Crippen molar-refractivity contribution in [1.29, 1.82) is 0 Å². The van der Waals surface area contributed by atoms with E-state index in [9.17, 15) is 14.9 Å². The number of rotatable bonds is 4. The fraction of sp³-hybridized carbons (Fsp3) is 0.333. The highest BCUT2D eigenvalue weighted by Gasteiger charge is 2.36. The van der Waals surface area contributed by atoms with Gasteiger partial charge in [-0.05, 0) is 37.5 Å². The predicted octanol–water partition coefficient (Wildman–Crippen LogP) is 3.68. The van der Waals surface area contributed by atoms with Crippen molar-refractivity contribution >= 4 is 17.2 Å². The first-order chi connectivity index (χ1) is 13.5. The van der Waals surface area contributed by atoms with E-state index >= 15 is 0 Å². The molecule has 0 N–H and O–H groups in total. The number of aryl methyl sites for hydroxylation is 1. The normalized spacial score (nSPS) is 19.1. The fourth-order valence-corrected chi connectivity index (χ4v) is 4.24. The average Bonchev–Trinajstić information content (AvgIpc) is 3.17. The van der Waals surface area contributed by atoms with Crippen molar-refractivity contribution in [3.05, 3.63) is 80.3 Å². The standard InChI is InChI=1S/C21H22N4O3/c1-14-9-11-15(12-10-14)16-6-5-7-17(16)23(2)20-19(25(27)28)21(26)24-13-4-3-8-18(24)22-20/h3-4,8-13,16-17H,5-7H2,1-2H3/t16-,17+/m1/s1. The summed E-state index contributed by atoms with van der Waals surface area (Å²) in [5.41, 5.74) is 1.71. The Kier molecular flexibility index (Phi) is 4.58. The maximum atomic E-state index is 12.8. The molecule has 0 bridgehead atoms. The van der Waals surface area contributed by atoms with Crippen LogP contribution in [-0.2, 0) is 0 Å². The van der Waals surface area contributed by atoms with E-state index in [0.717, 1.165) is 19.3 Å². The van der Waals surface area contributed by atoms with Crippen LogP contribution < -0.4 is 10.5 Å². The van der Waals surface area contributed by atoms with Gasteiger partial charge in [0, 0.05) is 25.2 Å². The molecule has 0 spiro atoms. The van der Waals surface area contributed by atoms with Crippen molar-refractivity contribution in [2.24, 2.45) is 0 Å². The van der Waals surface area contributed by atoms with Gasteiger partial charge in [0.25, 0.3) is 0 Å². The topological polar surface area (TPSA) is 80.8 Å². The minimum absolute atomic E-state index is 0.0551. The summed E-state index contributed by atoms with van der Waals surface area (Å²) in [5, 5.41) is 11.7. The van der Waals surface area contributed by atoms with Crippen molar-refractivity contribution in [3.8, 4) is 0 Å². The lowest BCUT2D eigenvalue weighted by molar-refractivity contribution is -0.385. The minimum Gasteiger partial charge on any atom is -0.350 e. The van der Waals surface area contributed by atoms with E-state index in [1.807, 2.05) is 11.9 Å². The number of nitrogens with zero attached hydrogens (tertiary/aromatic N) is 4. The Morgan fingerprint density at radius 1 is 1.18 bits per heavy atom. The quantitative estimate of drug-likeness (QED) is 0.511. The third-order valence-electron chi connectivity index (χ3n) is 5.69. The van der Waals surface area contributed by atoms with Crippen LogP contribution in [0.5, 0.6) is 0 Å². The van der Waals surface area contributed by atoms with Gasteiger partial charge in [0.05, 0.1) is 4.92 Å². The number of benzene rings is 1. The third kappa shape index (κ3) is 3.02. The Morgan fingerprint density at radius 3 is 2.64 bits per heavy atom. The second kappa shape index (κ2) is 7.07. The van der Waals surface area contributed by atoms with Gasteiger partial charge in [-0.25, -0.2) is 4.98 Å². The molecule has 4 rings (SSSR count). The molecule has 2 heterocycles. The molecule has 1 aliphatic carbocycles. The number of aromatic nitrogens is 2. The van der Waals surface area contributed by atoms with Gasteiger partial charge in [-0.1, -0.05) is 42.3 Å². The molecule has 1 saturated carbocycles. The van der Waals surface area contributed by atoms with Crippen LogP contribution in [0.15, 0.2) is 53.5 Å². The molecule has 7 nitrogen and oxygen atoms in total. The monoisotopic (exact) mass is 378 g/mol. The van der Waals surface area contributed by atoms with E-state index in [2.05, 4.69) is 36.2 Å². The third-order valence-corrected chi connectivity index (χ3v) is 5.69. The first-order valence-electron chi connectivity index (χ1n) is 9.42. The summed E-state index contributed by atoms with van der Waals surface area (Å²) in [6, 6.07) is 13.6. The highest BCUT2D eigenvalue weighted by Crippen LogP contribution is 2.40. The molecular weight excluding hydrogens is 356 g/mol. The SMILES string of the molecule is Cc1ccc([C@H]2CCC[C@@H]2N(C)c2nc3ccccn3c(=O)c2[N+](=O)[O-])cc1. The maximum Gasteiger partial charge on any atom is 0.376 e. The van der Waals surface area contributed by atoms with Gasteiger partial charge in [0.1, 0.15) is 5.65 Å². The second-order valence-corrected chi connectivity index (χ2v) is 7.40. The molecule has 0 aliphatic heterocycles. The lowest BCUT2D eigenvalue weighted by Crippen LogP contribution is -2.36. The highest BCUT2D eigenvalue weighted by atomic mass is 16.6. The molecule has 7 heteroatoms. The van der Waals surface area contributed by atoms with E-state index in [0.29, 0.717) is 5.65 Å². The Hall–Kier alpha value is -3.22. The van der Waals surface area contributed by atoms with E-state index in [4.69, 9.17) is 0 Å². The average molecular weight is 378 g/mol. The molecule has 1 aromatic carbocycles. The van der Waals surface area contributed by atoms with Gasteiger partial charge in [0.2, 0.25) is 5.82 Å². The van der Waals surface area contributed by atoms with Crippen molar-refractivity contribution in [1.82, 2.24) is 9.38 Å². The molecule has 0 unspecified atom stereocenters. The molecule has 0 saturated heterocycles. The van der Waals surface area contributed by atoms with Crippen LogP contribution >= 0.6 is 0 Å². The molecule has 0 amide bonds. The van der Waals surface area contributed by atoms with Crippen molar-refractivity contribution in [2.45, 2.75) is 38.1 Å². The number of anilines is 1. The van der Waals surface area contributed by atoms with E-state index in [1.54, 1.807) is 18.2 Å². The van der Waals surface area contributed by atoms with Crippen molar-refractivity contribution < 1.29 is 4.92 Å². The molecule has 0 radical (unpaired) electrons. The summed E-state index contributed by atoms with van der Waals surface area (Å²) >= 11 is 0. The summed E-state index contributed by atoms with van der Waals surface area (Å²) in [6.45, 7) is 2.05. The zero-order valence-corrected chi connectivity index (χ0v) is 15.9. The molecule has 28 heavy (non-hydrogen) atoms. The Balaban J connectivity index is 1.80. The van der Waals surface area contributed by atoms with Crippen LogP contribution in [0.3, 0.4) is 0 Å². The van der Waals surface area contributed by atoms with Gasteiger partial charge >= 0.3 is 11.2 Å². The summed E-state index contributed by atoms with van der Waals surface area (Å²) in [6.07, 6.45) is 4.46.